The Morgan fingerprint density at radius 2 is 1.90 bits per heavy atom. The van der Waals surface area contributed by atoms with E-state index in [1.807, 2.05) is 18.2 Å². The number of hydrazine groups is 1. The molecule has 1 unspecified atom stereocenters. The van der Waals surface area contributed by atoms with Gasteiger partial charge in [-0.05, 0) is 36.1 Å². The number of hydrogen-bond acceptors (Lipinski definition) is 7. The molecule has 1 aromatic heterocycles. The van der Waals surface area contributed by atoms with Gasteiger partial charge in [0.1, 0.15) is 11.6 Å². The van der Waals surface area contributed by atoms with Crippen molar-refractivity contribution in [3.63, 3.8) is 0 Å². The molecule has 7 heteroatoms. The predicted molar refractivity (Wildman–Crippen MR) is 119 cm³/mol. The zero-order valence-corrected chi connectivity index (χ0v) is 17.1. The van der Waals surface area contributed by atoms with Gasteiger partial charge in [-0.1, -0.05) is 42.5 Å². The Bertz CT molecular complexity index is 1010. The first kappa shape index (κ1) is 18.7. The predicted octanol–water partition coefficient (Wildman–Crippen LogP) is 3.52. The van der Waals surface area contributed by atoms with Crippen molar-refractivity contribution in [1.29, 1.82) is 0 Å². The van der Waals surface area contributed by atoms with Gasteiger partial charge in [0.25, 0.3) is 0 Å². The molecule has 0 saturated carbocycles. The van der Waals surface area contributed by atoms with E-state index in [1.165, 1.54) is 16.7 Å². The fraction of sp³-hybridized carbons (Fsp3) is 0.304. The highest BCUT2D eigenvalue weighted by atomic mass is 16.5. The number of nitrogens with one attached hydrogen (secondary N) is 3. The Labute approximate surface area is 176 Å². The third-order valence-corrected chi connectivity index (χ3v) is 5.70. The Hall–Kier alpha value is -3.32. The summed E-state index contributed by atoms with van der Waals surface area (Å²) in [4.78, 5) is 12.0. The summed E-state index contributed by atoms with van der Waals surface area (Å²) in [6.45, 7) is 2.54. The van der Waals surface area contributed by atoms with E-state index < -0.39 is 0 Å². The van der Waals surface area contributed by atoms with E-state index in [9.17, 15) is 0 Å². The Morgan fingerprint density at radius 3 is 2.70 bits per heavy atom. The van der Waals surface area contributed by atoms with Crippen molar-refractivity contribution >= 4 is 17.6 Å². The molecule has 0 amide bonds. The highest BCUT2D eigenvalue weighted by molar-refractivity contribution is 5.67. The van der Waals surface area contributed by atoms with Crippen molar-refractivity contribution in [3.05, 3.63) is 71.3 Å². The van der Waals surface area contributed by atoms with Gasteiger partial charge in [-0.3, -0.25) is 0 Å². The average molecular weight is 403 g/mol. The summed E-state index contributed by atoms with van der Waals surface area (Å²) in [7, 11) is 1.69. The highest BCUT2D eigenvalue weighted by Crippen LogP contribution is 2.41. The van der Waals surface area contributed by atoms with Crippen LogP contribution >= 0.6 is 0 Å². The molecule has 2 aliphatic rings. The molecule has 30 heavy (non-hydrogen) atoms. The van der Waals surface area contributed by atoms with Gasteiger partial charge in [0, 0.05) is 19.6 Å². The van der Waals surface area contributed by atoms with E-state index in [-0.39, 0.29) is 6.04 Å². The highest BCUT2D eigenvalue weighted by Gasteiger charge is 2.34. The number of nitrogens with zero attached hydrogens (tertiary/aromatic N) is 3. The normalized spacial score (nSPS) is 16.7. The van der Waals surface area contributed by atoms with Crippen molar-refractivity contribution in [1.82, 2.24) is 15.4 Å². The van der Waals surface area contributed by atoms with Gasteiger partial charge in [0.15, 0.2) is 5.82 Å². The van der Waals surface area contributed by atoms with E-state index in [4.69, 9.17) is 14.7 Å². The van der Waals surface area contributed by atoms with Crippen LogP contribution in [0.25, 0.3) is 0 Å². The van der Waals surface area contributed by atoms with Gasteiger partial charge in [0.05, 0.1) is 18.7 Å². The minimum absolute atomic E-state index is 0.264. The number of benzene rings is 2. The van der Waals surface area contributed by atoms with Gasteiger partial charge in [-0.2, -0.15) is 9.97 Å². The van der Waals surface area contributed by atoms with Crippen molar-refractivity contribution in [3.8, 4) is 5.75 Å². The molecule has 3 heterocycles. The zero-order valence-electron chi connectivity index (χ0n) is 17.1. The fourth-order valence-corrected chi connectivity index (χ4v) is 4.10. The van der Waals surface area contributed by atoms with E-state index in [2.05, 4.69) is 57.5 Å². The van der Waals surface area contributed by atoms with Crippen molar-refractivity contribution in [2.45, 2.75) is 25.4 Å². The molecule has 7 nitrogen and oxygen atoms in total. The fourth-order valence-electron chi connectivity index (χ4n) is 4.10. The van der Waals surface area contributed by atoms with Crippen LogP contribution in [0, 0.1) is 0 Å². The molecule has 3 N–H and O–H groups in total. The molecular formula is C23H26N6O. The van der Waals surface area contributed by atoms with Crippen LogP contribution in [0.3, 0.4) is 0 Å². The Kier molecular flexibility index (Phi) is 5.11. The lowest BCUT2D eigenvalue weighted by Crippen LogP contribution is -2.34. The van der Waals surface area contributed by atoms with E-state index in [0.29, 0.717) is 5.95 Å². The van der Waals surface area contributed by atoms with Crippen LogP contribution in [-0.2, 0) is 13.0 Å². The monoisotopic (exact) mass is 402 g/mol. The van der Waals surface area contributed by atoms with Gasteiger partial charge < -0.3 is 20.4 Å². The van der Waals surface area contributed by atoms with E-state index in [1.54, 1.807) is 7.11 Å². The molecule has 3 aromatic rings. The van der Waals surface area contributed by atoms with Crippen molar-refractivity contribution in [2.24, 2.45) is 0 Å². The summed E-state index contributed by atoms with van der Waals surface area (Å²) < 4.78 is 5.28. The first-order chi connectivity index (χ1) is 14.8. The third kappa shape index (κ3) is 3.76. The minimum Gasteiger partial charge on any atom is -0.497 e. The van der Waals surface area contributed by atoms with Gasteiger partial charge >= 0.3 is 0 Å². The second kappa shape index (κ2) is 8.20. The first-order valence-corrected chi connectivity index (χ1v) is 10.4. The summed E-state index contributed by atoms with van der Waals surface area (Å²) in [6.07, 6.45) is 1.95. The maximum atomic E-state index is 5.28. The lowest BCUT2D eigenvalue weighted by Gasteiger charge is -2.32. The van der Waals surface area contributed by atoms with E-state index >= 15 is 0 Å². The SMILES string of the molecule is COc1ccc(CN2CCC3NNc4nc(NCCc5ccccc5)nc2c43)cc1. The molecule has 0 fully saturated rings. The van der Waals surface area contributed by atoms with Gasteiger partial charge in [-0.25, -0.2) is 5.43 Å². The number of hydrogen-bond donors (Lipinski definition) is 3. The summed E-state index contributed by atoms with van der Waals surface area (Å²) in [5.41, 5.74) is 10.3. The van der Waals surface area contributed by atoms with Gasteiger partial charge in [0.2, 0.25) is 5.95 Å². The number of rotatable bonds is 7. The number of ether oxygens (including phenoxy) is 1. The summed E-state index contributed by atoms with van der Waals surface area (Å²) in [5, 5.41) is 3.40. The van der Waals surface area contributed by atoms with Crippen LogP contribution in [0.4, 0.5) is 17.6 Å². The third-order valence-electron chi connectivity index (χ3n) is 5.70. The average Bonchev–Trinajstić information content (AvgIpc) is 3.21. The van der Waals surface area contributed by atoms with Crippen LogP contribution in [0.15, 0.2) is 54.6 Å². The second-order valence-electron chi connectivity index (χ2n) is 7.68. The van der Waals surface area contributed by atoms with Crippen LogP contribution < -0.4 is 25.8 Å². The first-order valence-electron chi connectivity index (χ1n) is 10.4. The number of anilines is 3. The lowest BCUT2D eigenvalue weighted by atomic mass is 10.0. The lowest BCUT2D eigenvalue weighted by molar-refractivity contribution is 0.414. The molecule has 5 rings (SSSR count). The maximum absolute atomic E-state index is 5.28. The van der Waals surface area contributed by atoms with Gasteiger partial charge in [-0.15, -0.1) is 0 Å². The van der Waals surface area contributed by atoms with Crippen LogP contribution in [0.5, 0.6) is 5.75 Å². The summed E-state index contributed by atoms with van der Waals surface area (Å²) in [6, 6.07) is 19.0. The zero-order chi connectivity index (χ0) is 20.3. The van der Waals surface area contributed by atoms with Crippen LogP contribution in [-0.4, -0.2) is 30.2 Å². The maximum Gasteiger partial charge on any atom is 0.226 e. The molecule has 1 atom stereocenters. The van der Waals surface area contributed by atoms with Crippen molar-refractivity contribution in [2.75, 3.05) is 35.8 Å². The number of methoxy groups -OCH3 is 1. The smallest absolute Gasteiger partial charge is 0.226 e. The minimum atomic E-state index is 0.264. The molecule has 0 radical (unpaired) electrons. The van der Waals surface area contributed by atoms with E-state index in [0.717, 1.165) is 49.9 Å². The number of aromatic nitrogens is 2. The quantitative estimate of drug-likeness (QED) is 0.558. The summed E-state index contributed by atoms with van der Waals surface area (Å²) in [5.74, 6) is 3.42. The molecule has 0 aliphatic carbocycles. The topological polar surface area (TPSA) is 74.3 Å². The molecule has 154 valence electrons. The van der Waals surface area contributed by atoms with Crippen LogP contribution in [0.2, 0.25) is 0 Å². The molecule has 0 bridgehead atoms. The standard InChI is InChI=1S/C23H26N6O/c1-30-18-9-7-17(8-10-18)15-29-14-12-19-20-21(28-27-19)25-23(26-22(20)29)24-13-11-16-5-3-2-4-6-16/h2-10,19,27H,11-15H2,1H3,(H2,24,25,26,28). The Balaban J connectivity index is 1.35. The largest absolute Gasteiger partial charge is 0.497 e. The molecule has 2 aliphatic heterocycles. The molecule has 0 spiro atoms. The Morgan fingerprint density at radius 1 is 1.07 bits per heavy atom. The molecule has 0 saturated heterocycles. The summed E-state index contributed by atoms with van der Waals surface area (Å²) >= 11 is 0. The second-order valence-corrected chi connectivity index (χ2v) is 7.68. The van der Waals surface area contributed by atoms with Crippen LogP contribution in [0.1, 0.15) is 29.2 Å². The molecular weight excluding hydrogens is 376 g/mol. The van der Waals surface area contributed by atoms with Crippen molar-refractivity contribution < 1.29 is 4.74 Å². The molecule has 2 aromatic carbocycles.